The van der Waals surface area contributed by atoms with Crippen molar-refractivity contribution < 1.29 is 19.4 Å². The number of halogens is 1. The molecule has 4 nitrogen and oxygen atoms in total. The highest BCUT2D eigenvalue weighted by Gasteiger charge is 2.41. The fourth-order valence-electron chi connectivity index (χ4n) is 4.96. The number of ketones is 1. The Morgan fingerprint density at radius 1 is 1.29 bits per heavy atom. The number of unbranched alkanes of at least 4 members (excludes halogenated alkanes) is 1. The molecule has 1 aromatic heterocycles. The van der Waals surface area contributed by atoms with Gasteiger partial charge in [-0.1, -0.05) is 68.0 Å². The molecule has 0 amide bonds. The molecule has 1 heterocycles. The number of carbonyl (C=O) groups excluding carboxylic acids is 2. The molecule has 6 heteroatoms. The zero-order valence-electron chi connectivity index (χ0n) is 20.9. The van der Waals surface area contributed by atoms with Gasteiger partial charge in [-0.3, -0.25) is 9.59 Å². The first-order valence-electron chi connectivity index (χ1n) is 12.6. The van der Waals surface area contributed by atoms with Crippen molar-refractivity contribution in [1.82, 2.24) is 0 Å². The van der Waals surface area contributed by atoms with E-state index in [0.29, 0.717) is 43.3 Å². The molecule has 1 fully saturated rings. The summed E-state index contributed by atoms with van der Waals surface area (Å²) < 4.78 is 5.84. The van der Waals surface area contributed by atoms with E-state index >= 15 is 0 Å². The first kappa shape index (κ1) is 27.6. The number of carbonyl (C=O) groups is 2. The molecular weight excluding hydrogens is 480 g/mol. The number of methoxy groups -OCH3 is 1. The van der Waals surface area contributed by atoms with Gasteiger partial charge in [-0.05, 0) is 55.9 Å². The van der Waals surface area contributed by atoms with Crippen LogP contribution in [0.1, 0.15) is 57.2 Å². The number of allylic oxidation sites excluding steroid dienone is 3. The lowest BCUT2D eigenvalue weighted by atomic mass is 9.81. The number of aryl methyl sites for hydroxylation is 1. The number of Topliss-reactive ketones (excluding diaryl/α,β-unsaturated/α-hetero) is 1. The maximum atomic E-state index is 12.8. The van der Waals surface area contributed by atoms with Gasteiger partial charge in [0.15, 0.2) is 0 Å². The van der Waals surface area contributed by atoms with Crippen molar-refractivity contribution in [3.8, 4) is 0 Å². The second-order valence-electron chi connectivity index (χ2n) is 9.76. The lowest BCUT2D eigenvalue weighted by Crippen LogP contribution is -2.19. The summed E-state index contributed by atoms with van der Waals surface area (Å²) in [6, 6.07) is 8.11. The Morgan fingerprint density at radius 3 is 2.77 bits per heavy atom. The van der Waals surface area contributed by atoms with Gasteiger partial charge >= 0.3 is 5.97 Å². The molecule has 190 valence electrons. The molecule has 2 aromatic rings. The Labute approximate surface area is 218 Å². The number of esters is 1. The summed E-state index contributed by atoms with van der Waals surface area (Å²) in [4.78, 5) is 25.2. The fraction of sp³-hybridized carbons (Fsp3) is 0.517. The van der Waals surface area contributed by atoms with Crippen molar-refractivity contribution in [2.45, 2.75) is 64.9 Å². The maximum absolute atomic E-state index is 12.8. The minimum Gasteiger partial charge on any atom is -0.469 e. The Hall–Kier alpha value is -1.95. The summed E-state index contributed by atoms with van der Waals surface area (Å²) in [5.41, 5.74) is 0. The Kier molecular flexibility index (Phi) is 10.6. The third-order valence-electron chi connectivity index (χ3n) is 7.03. The first-order chi connectivity index (χ1) is 16.8. The van der Waals surface area contributed by atoms with Gasteiger partial charge < -0.3 is 9.84 Å². The molecule has 0 bridgehead atoms. The number of hydrogen-bond acceptors (Lipinski definition) is 5. The molecule has 1 aliphatic rings. The number of ether oxygens (including phenoxy) is 1. The molecule has 1 aliphatic carbocycles. The molecule has 0 spiro atoms. The Morgan fingerprint density at radius 2 is 2.06 bits per heavy atom. The van der Waals surface area contributed by atoms with Gasteiger partial charge in [0.25, 0.3) is 0 Å². The van der Waals surface area contributed by atoms with E-state index in [1.54, 1.807) is 11.3 Å². The molecule has 1 aromatic carbocycles. The second-order valence-corrected chi connectivity index (χ2v) is 11.3. The van der Waals surface area contributed by atoms with Crippen LogP contribution in [-0.4, -0.2) is 30.1 Å². The predicted octanol–water partition coefficient (Wildman–Crippen LogP) is 7.17. The van der Waals surface area contributed by atoms with Crippen LogP contribution in [0.3, 0.4) is 0 Å². The number of rotatable bonds is 12. The molecule has 4 atom stereocenters. The minimum atomic E-state index is -0.575. The summed E-state index contributed by atoms with van der Waals surface area (Å²) in [6.45, 7) is 4.34. The monoisotopic (exact) mass is 516 g/mol. The Balaban J connectivity index is 1.58. The normalized spacial score (nSPS) is 21.7. The van der Waals surface area contributed by atoms with Crippen molar-refractivity contribution in [3.63, 3.8) is 0 Å². The van der Waals surface area contributed by atoms with E-state index in [0.717, 1.165) is 34.5 Å². The van der Waals surface area contributed by atoms with Crippen molar-refractivity contribution in [1.29, 1.82) is 0 Å². The molecule has 0 aliphatic heterocycles. The number of fused-ring (bicyclic) bond motifs is 1. The lowest BCUT2D eigenvalue weighted by molar-refractivity contribution is -0.140. The number of aliphatic hydroxyl groups is 1. The summed E-state index contributed by atoms with van der Waals surface area (Å²) in [7, 11) is 1.40. The number of hydrogen-bond donors (Lipinski definition) is 1. The summed E-state index contributed by atoms with van der Waals surface area (Å²) in [6.07, 6.45) is 12.1. The summed E-state index contributed by atoms with van der Waals surface area (Å²) in [5.74, 6) is 0.883. The van der Waals surface area contributed by atoms with Crippen LogP contribution in [0.15, 0.2) is 48.6 Å². The minimum absolute atomic E-state index is 0.0558. The van der Waals surface area contributed by atoms with Crippen LogP contribution in [0.2, 0.25) is 5.02 Å². The van der Waals surface area contributed by atoms with Gasteiger partial charge in [0.05, 0.1) is 18.2 Å². The van der Waals surface area contributed by atoms with Crippen LogP contribution >= 0.6 is 22.9 Å². The standard InChI is InChI=1S/C29H37ClO4S/c1-19(2)24-18-25(32)22(10-6-4-5-7-13-28(33)34-3)21(24)16-14-20(31)15-17-27-29(30)23-11-8-9-12-26(23)35-27/h4,6,8-9,11-12,14,16,19-22,24,31H,5,7,10,13,15,17-18H2,1-3H3/t20?,21-,22-,24+/m1/s1. The molecule has 1 unspecified atom stereocenters. The lowest BCUT2D eigenvalue weighted by Gasteiger charge is -2.23. The van der Waals surface area contributed by atoms with Crippen LogP contribution < -0.4 is 0 Å². The molecule has 1 N–H and O–H groups in total. The van der Waals surface area contributed by atoms with Gasteiger partial charge in [-0.25, -0.2) is 0 Å². The quantitative estimate of drug-likeness (QED) is 0.184. The van der Waals surface area contributed by atoms with Crippen LogP contribution in [0.5, 0.6) is 0 Å². The maximum Gasteiger partial charge on any atom is 0.305 e. The highest BCUT2D eigenvalue weighted by molar-refractivity contribution is 7.19. The van der Waals surface area contributed by atoms with Crippen molar-refractivity contribution >= 4 is 44.8 Å². The average Bonchev–Trinajstić information content (AvgIpc) is 3.34. The molecule has 1 saturated carbocycles. The summed E-state index contributed by atoms with van der Waals surface area (Å²) in [5, 5.41) is 12.6. The topological polar surface area (TPSA) is 63.6 Å². The van der Waals surface area contributed by atoms with Gasteiger partial charge in [0.1, 0.15) is 5.78 Å². The SMILES string of the molecule is COC(=O)CCCC=CC[C@H]1C(=O)C[C@@H](C(C)C)[C@@H]1C=CC(O)CCc1sc2ccccc2c1Cl. The third-order valence-corrected chi connectivity index (χ3v) is 8.80. The van der Waals surface area contributed by atoms with E-state index in [1.165, 1.54) is 11.8 Å². The second kappa shape index (κ2) is 13.4. The first-order valence-corrected chi connectivity index (χ1v) is 13.8. The van der Waals surface area contributed by atoms with E-state index < -0.39 is 6.10 Å². The van der Waals surface area contributed by atoms with Gasteiger partial charge in [-0.2, -0.15) is 0 Å². The fourth-order valence-corrected chi connectivity index (χ4v) is 6.51. The van der Waals surface area contributed by atoms with E-state index in [9.17, 15) is 14.7 Å². The Bertz CT molecular complexity index is 1050. The van der Waals surface area contributed by atoms with Crippen LogP contribution in [0, 0.1) is 23.7 Å². The zero-order valence-corrected chi connectivity index (χ0v) is 22.5. The molecule has 3 rings (SSSR count). The van der Waals surface area contributed by atoms with Gasteiger partial charge in [0, 0.05) is 33.7 Å². The van der Waals surface area contributed by atoms with Crippen molar-refractivity contribution in [2.75, 3.05) is 7.11 Å². The highest BCUT2D eigenvalue weighted by Crippen LogP contribution is 2.42. The molecule has 0 saturated heterocycles. The number of aliphatic hydroxyl groups excluding tert-OH is 1. The van der Waals surface area contributed by atoms with E-state index in [1.807, 2.05) is 24.3 Å². The predicted molar refractivity (Wildman–Crippen MR) is 145 cm³/mol. The van der Waals surface area contributed by atoms with Gasteiger partial charge in [0.2, 0.25) is 0 Å². The summed E-state index contributed by atoms with van der Waals surface area (Å²) >= 11 is 8.24. The van der Waals surface area contributed by atoms with Gasteiger partial charge in [-0.15, -0.1) is 11.3 Å². The van der Waals surface area contributed by atoms with Crippen LogP contribution in [0.25, 0.3) is 10.1 Å². The largest absolute Gasteiger partial charge is 0.469 e. The van der Waals surface area contributed by atoms with Crippen LogP contribution in [0.4, 0.5) is 0 Å². The van der Waals surface area contributed by atoms with Crippen LogP contribution in [-0.2, 0) is 20.7 Å². The molecule has 35 heavy (non-hydrogen) atoms. The smallest absolute Gasteiger partial charge is 0.305 e. The van der Waals surface area contributed by atoms with E-state index in [-0.39, 0.29) is 17.8 Å². The third kappa shape index (κ3) is 7.52. The van der Waals surface area contributed by atoms with E-state index in [4.69, 9.17) is 11.6 Å². The average molecular weight is 517 g/mol. The number of thiophene rings is 1. The molecular formula is C29H37ClO4S. The zero-order chi connectivity index (χ0) is 25.4. The number of benzene rings is 1. The highest BCUT2D eigenvalue weighted by atomic mass is 35.5. The van der Waals surface area contributed by atoms with E-state index in [2.05, 4.69) is 42.9 Å². The van der Waals surface area contributed by atoms with Crippen molar-refractivity contribution in [2.24, 2.45) is 23.7 Å². The molecule has 0 radical (unpaired) electrons. The van der Waals surface area contributed by atoms with Crippen molar-refractivity contribution in [3.05, 3.63) is 58.5 Å².